The van der Waals surface area contributed by atoms with Gasteiger partial charge >= 0.3 is 0 Å². The maximum absolute atomic E-state index is 13.2. The number of hydrogen-bond acceptors (Lipinski definition) is 7. The fourth-order valence-electron chi connectivity index (χ4n) is 4.90. The van der Waals surface area contributed by atoms with E-state index in [2.05, 4.69) is 10.2 Å². The molecule has 0 spiro atoms. The molecule has 4 heterocycles. The minimum atomic E-state index is -0.268. The van der Waals surface area contributed by atoms with Crippen molar-refractivity contribution in [2.75, 3.05) is 31.2 Å². The molecule has 0 atom stereocenters. The van der Waals surface area contributed by atoms with Crippen LogP contribution in [0.4, 0.5) is 5.69 Å². The zero-order valence-electron chi connectivity index (χ0n) is 20.6. The van der Waals surface area contributed by atoms with Gasteiger partial charge in [-0.1, -0.05) is 12.1 Å². The van der Waals surface area contributed by atoms with Crippen LogP contribution in [-0.2, 0) is 9.53 Å². The number of nitrogens with zero attached hydrogens (tertiary/aromatic N) is 5. The van der Waals surface area contributed by atoms with Crippen LogP contribution >= 0.6 is 0 Å². The summed E-state index contributed by atoms with van der Waals surface area (Å²) in [6.45, 7) is 3.55. The lowest BCUT2D eigenvalue weighted by Crippen LogP contribution is -2.40. The predicted molar refractivity (Wildman–Crippen MR) is 141 cm³/mol. The van der Waals surface area contributed by atoms with Gasteiger partial charge in [0.1, 0.15) is 0 Å². The topological polar surface area (TPSA) is 106 Å². The number of rotatable bonds is 3. The van der Waals surface area contributed by atoms with Crippen LogP contribution in [0.5, 0.6) is 0 Å². The van der Waals surface area contributed by atoms with E-state index in [1.165, 1.54) is 11.8 Å². The van der Waals surface area contributed by atoms with E-state index >= 15 is 0 Å². The molecule has 1 fully saturated rings. The summed E-state index contributed by atoms with van der Waals surface area (Å²) in [5.74, 6) is -0.584. The molecule has 0 bridgehead atoms. The van der Waals surface area contributed by atoms with Gasteiger partial charge in [-0.15, -0.1) is 0 Å². The SMILES string of the molecule is CC(=O)N1/C(=C\c2cc(-c3cccnn3)c3cc(C(=O)N4CCOCC4)ccc3n2)C(=O)c2ccccc21. The predicted octanol–water partition coefficient (Wildman–Crippen LogP) is 3.75. The molecule has 2 aliphatic rings. The average molecular weight is 506 g/mol. The molecular formula is C29H23N5O4. The van der Waals surface area contributed by atoms with Crippen LogP contribution < -0.4 is 4.90 Å². The first kappa shape index (κ1) is 23.6. The monoisotopic (exact) mass is 505 g/mol. The number of ketones is 1. The second-order valence-electron chi connectivity index (χ2n) is 9.07. The molecule has 188 valence electrons. The van der Waals surface area contributed by atoms with E-state index in [1.54, 1.807) is 65.7 Å². The molecule has 4 aromatic rings. The van der Waals surface area contributed by atoms with E-state index in [4.69, 9.17) is 9.72 Å². The largest absolute Gasteiger partial charge is 0.378 e. The van der Waals surface area contributed by atoms with Crippen molar-refractivity contribution in [1.82, 2.24) is 20.1 Å². The van der Waals surface area contributed by atoms with E-state index in [0.717, 1.165) is 5.39 Å². The van der Waals surface area contributed by atoms with Gasteiger partial charge < -0.3 is 9.64 Å². The third-order valence-corrected chi connectivity index (χ3v) is 6.68. The Bertz CT molecular complexity index is 1630. The Morgan fingerprint density at radius 1 is 0.974 bits per heavy atom. The number of amides is 2. The first-order chi connectivity index (χ1) is 18.5. The lowest BCUT2D eigenvalue weighted by atomic mass is 10.0. The van der Waals surface area contributed by atoms with Crippen molar-refractivity contribution >= 4 is 40.3 Å². The molecule has 2 aromatic heterocycles. The molecule has 0 aliphatic carbocycles. The fraction of sp³-hybridized carbons (Fsp3) is 0.172. The van der Waals surface area contributed by atoms with Crippen LogP contribution in [0.25, 0.3) is 28.2 Å². The molecule has 0 N–H and O–H groups in total. The van der Waals surface area contributed by atoms with E-state index < -0.39 is 0 Å². The van der Waals surface area contributed by atoms with Gasteiger partial charge in [-0.3, -0.25) is 19.3 Å². The van der Waals surface area contributed by atoms with Crippen LogP contribution in [-0.4, -0.2) is 64.0 Å². The lowest BCUT2D eigenvalue weighted by molar-refractivity contribution is -0.116. The van der Waals surface area contributed by atoms with Crippen molar-refractivity contribution < 1.29 is 19.1 Å². The van der Waals surface area contributed by atoms with Crippen molar-refractivity contribution in [3.05, 3.63) is 89.4 Å². The molecule has 0 radical (unpaired) electrons. The Balaban J connectivity index is 1.49. The van der Waals surface area contributed by atoms with Crippen LogP contribution in [0.15, 0.2) is 72.6 Å². The van der Waals surface area contributed by atoms with Crippen LogP contribution in [0.2, 0.25) is 0 Å². The zero-order chi connectivity index (χ0) is 26.2. The third kappa shape index (κ3) is 4.12. The molecule has 9 nitrogen and oxygen atoms in total. The number of benzene rings is 2. The summed E-state index contributed by atoms with van der Waals surface area (Å²) in [6, 6.07) is 17.8. The lowest BCUT2D eigenvalue weighted by Gasteiger charge is -2.27. The van der Waals surface area contributed by atoms with Gasteiger partial charge in [0.2, 0.25) is 11.7 Å². The zero-order valence-corrected chi connectivity index (χ0v) is 20.6. The first-order valence-corrected chi connectivity index (χ1v) is 12.3. The summed E-state index contributed by atoms with van der Waals surface area (Å²) < 4.78 is 5.38. The highest BCUT2D eigenvalue weighted by molar-refractivity contribution is 6.26. The highest BCUT2D eigenvalue weighted by Gasteiger charge is 2.34. The number of carbonyl (C=O) groups is 3. The second kappa shape index (κ2) is 9.60. The van der Waals surface area contributed by atoms with Crippen LogP contribution in [0, 0.1) is 0 Å². The van der Waals surface area contributed by atoms with Gasteiger partial charge in [0, 0.05) is 48.3 Å². The van der Waals surface area contributed by atoms with E-state index in [9.17, 15) is 14.4 Å². The molecule has 2 aromatic carbocycles. The van der Waals surface area contributed by atoms with Crippen LogP contribution in [0.3, 0.4) is 0 Å². The second-order valence-corrected chi connectivity index (χ2v) is 9.07. The number of Topliss-reactive ketones (excluding diaryl/α,β-unsaturated/α-hetero) is 1. The van der Waals surface area contributed by atoms with Crippen molar-refractivity contribution in [3.8, 4) is 11.3 Å². The fourth-order valence-corrected chi connectivity index (χ4v) is 4.90. The maximum atomic E-state index is 13.2. The standard InChI is InChI=1S/C29H23N5O4/c1-18(35)34-26-7-3-2-5-21(26)28(36)27(34)17-20-16-23(25-6-4-10-30-32-25)22-15-19(8-9-24(22)31-20)29(37)33-11-13-38-14-12-33/h2-10,15-17H,11-14H2,1H3/b27-17-. The first-order valence-electron chi connectivity index (χ1n) is 12.3. The molecule has 2 aliphatic heterocycles. The summed E-state index contributed by atoms with van der Waals surface area (Å²) in [5, 5.41) is 9.04. The normalized spacial score (nSPS) is 16.2. The van der Waals surface area contributed by atoms with Gasteiger partial charge in [0.05, 0.1) is 41.5 Å². The van der Waals surface area contributed by atoms with Gasteiger partial charge in [0.25, 0.3) is 5.91 Å². The summed E-state index contributed by atoms with van der Waals surface area (Å²) in [6.07, 6.45) is 3.21. The van der Waals surface area contributed by atoms with E-state index in [0.29, 0.717) is 65.6 Å². The summed E-state index contributed by atoms with van der Waals surface area (Å²) >= 11 is 0. The van der Waals surface area contributed by atoms with Crippen molar-refractivity contribution in [3.63, 3.8) is 0 Å². The number of para-hydroxylation sites is 1. The molecule has 9 heteroatoms. The van der Waals surface area contributed by atoms with Gasteiger partial charge in [-0.05, 0) is 54.6 Å². The van der Waals surface area contributed by atoms with Crippen LogP contribution in [0.1, 0.15) is 33.3 Å². The Morgan fingerprint density at radius 2 is 1.79 bits per heavy atom. The van der Waals surface area contributed by atoms with Gasteiger partial charge in [-0.25, -0.2) is 4.98 Å². The molecule has 1 saturated heterocycles. The number of fused-ring (bicyclic) bond motifs is 2. The number of allylic oxidation sites excluding steroid dienone is 1. The number of morpholine rings is 1. The summed E-state index contributed by atoms with van der Waals surface area (Å²) in [5.41, 5.74) is 4.21. The molecule has 2 amide bonds. The third-order valence-electron chi connectivity index (χ3n) is 6.68. The van der Waals surface area contributed by atoms with E-state index in [-0.39, 0.29) is 23.3 Å². The number of anilines is 1. The number of aromatic nitrogens is 3. The molecule has 6 rings (SSSR count). The molecule has 38 heavy (non-hydrogen) atoms. The Hall–Kier alpha value is -4.76. The molecule has 0 saturated carbocycles. The highest BCUT2D eigenvalue weighted by atomic mass is 16.5. The number of pyridine rings is 1. The highest BCUT2D eigenvalue weighted by Crippen LogP contribution is 2.36. The minimum Gasteiger partial charge on any atom is -0.378 e. The number of ether oxygens (including phenoxy) is 1. The number of carbonyl (C=O) groups excluding carboxylic acids is 3. The molecular weight excluding hydrogens is 482 g/mol. The Morgan fingerprint density at radius 3 is 2.55 bits per heavy atom. The minimum absolute atomic E-state index is 0.0714. The quantitative estimate of drug-likeness (QED) is 0.391. The maximum Gasteiger partial charge on any atom is 0.254 e. The molecule has 0 unspecified atom stereocenters. The number of hydrogen-bond donors (Lipinski definition) is 0. The summed E-state index contributed by atoms with van der Waals surface area (Å²) in [4.78, 5) is 46.9. The van der Waals surface area contributed by atoms with E-state index in [1.807, 2.05) is 12.1 Å². The Kier molecular flexibility index (Phi) is 5.97. The smallest absolute Gasteiger partial charge is 0.254 e. The van der Waals surface area contributed by atoms with Gasteiger partial charge in [-0.2, -0.15) is 10.2 Å². The average Bonchev–Trinajstić information content (AvgIpc) is 3.24. The van der Waals surface area contributed by atoms with Gasteiger partial charge in [0.15, 0.2) is 0 Å². The van der Waals surface area contributed by atoms with Crippen molar-refractivity contribution in [1.29, 1.82) is 0 Å². The van der Waals surface area contributed by atoms with Crippen molar-refractivity contribution in [2.24, 2.45) is 0 Å². The summed E-state index contributed by atoms with van der Waals surface area (Å²) in [7, 11) is 0. The Labute approximate surface area is 218 Å². The van der Waals surface area contributed by atoms with Crippen molar-refractivity contribution in [2.45, 2.75) is 6.92 Å².